The Morgan fingerprint density at radius 2 is 1.90 bits per heavy atom. The van der Waals surface area contributed by atoms with E-state index in [1.165, 1.54) is 11.8 Å². The van der Waals surface area contributed by atoms with Crippen molar-refractivity contribution in [2.75, 3.05) is 36.5 Å². The number of amides is 1. The van der Waals surface area contributed by atoms with E-state index in [1.807, 2.05) is 12.1 Å². The lowest BCUT2D eigenvalue weighted by Crippen LogP contribution is -2.40. The van der Waals surface area contributed by atoms with Crippen LogP contribution in [0.15, 0.2) is 29.3 Å². The molecule has 1 aromatic carbocycles. The van der Waals surface area contributed by atoms with Crippen molar-refractivity contribution in [3.05, 3.63) is 29.8 Å². The molecule has 1 amide bonds. The predicted molar refractivity (Wildman–Crippen MR) is 117 cm³/mol. The van der Waals surface area contributed by atoms with Gasteiger partial charge in [-0.05, 0) is 44.0 Å². The monoisotopic (exact) mass is 451 g/mol. The van der Waals surface area contributed by atoms with Crippen molar-refractivity contribution >= 4 is 44.3 Å². The highest BCUT2D eigenvalue weighted by molar-refractivity contribution is 8.15. The third-order valence-corrected chi connectivity index (χ3v) is 8.75. The minimum atomic E-state index is -2.96. The zero-order chi connectivity index (χ0) is 21.3. The van der Waals surface area contributed by atoms with E-state index in [4.69, 9.17) is 4.74 Å². The molecule has 2 atom stereocenters. The third kappa shape index (κ3) is 4.64. The van der Waals surface area contributed by atoms with E-state index < -0.39 is 9.84 Å². The first kappa shape index (κ1) is 21.2. The van der Waals surface area contributed by atoms with Crippen LogP contribution in [0.25, 0.3) is 0 Å². The number of amidine groups is 1. The molecule has 0 spiro atoms. The van der Waals surface area contributed by atoms with Gasteiger partial charge in [0, 0.05) is 29.6 Å². The van der Waals surface area contributed by atoms with Gasteiger partial charge in [-0.3, -0.25) is 14.6 Å². The van der Waals surface area contributed by atoms with Crippen LogP contribution < -0.4 is 5.32 Å². The molecular formula is C20H25N3O5S2. The molecule has 0 bridgehead atoms. The quantitative estimate of drug-likeness (QED) is 0.696. The Labute approximate surface area is 180 Å². The second kappa shape index (κ2) is 8.58. The molecule has 3 aliphatic heterocycles. The first-order valence-electron chi connectivity index (χ1n) is 10.1. The number of nitrogens with zero attached hydrogens (tertiary/aromatic N) is 2. The molecule has 1 N–H and O–H groups in total. The minimum Gasteiger partial charge on any atom is -0.466 e. The number of anilines is 1. The van der Waals surface area contributed by atoms with Crippen molar-refractivity contribution < 1.29 is 22.7 Å². The molecule has 3 aliphatic rings. The van der Waals surface area contributed by atoms with Gasteiger partial charge >= 0.3 is 5.97 Å². The number of carbonyl (C=O) groups is 2. The Bertz CT molecular complexity index is 953. The van der Waals surface area contributed by atoms with Crippen LogP contribution >= 0.6 is 11.8 Å². The molecule has 2 saturated heterocycles. The van der Waals surface area contributed by atoms with Crippen LogP contribution in [-0.2, 0) is 19.4 Å². The van der Waals surface area contributed by atoms with Crippen LogP contribution in [0.1, 0.15) is 30.1 Å². The molecule has 0 saturated carbocycles. The van der Waals surface area contributed by atoms with Crippen LogP contribution in [0.3, 0.4) is 0 Å². The maximum absolute atomic E-state index is 12.8. The summed E-state index contributed by atoms with van der Waals surface area (Å²) >= 11 is 1.46. The van der Waals surface area contributed by atoms with E-state index in [9.17, 15) is 18.0 Å². The fraction of sp³-hybridized carbons (Fsp3) is 0.550. The summed E-state index contributed by atoms with van der Waals surface area (Å²) in [5, 5.41) is 3.93. The first-order valence-corrected chi connectivity index (χ1v) is 12.8. The van der Waals surface area contributed by atoms with Gasteiger partial charge in [-0.1, -0.05) is 11.8 Å². The topological polar surface area (TPSA) is 105 Å². The molecule has 2 fully saturated rings. The second-order valence-electron chi connectivity index (χ2n) is 7.76. The zero-order valence-corrected chi connectivity index (χ0v) is 18.4. The summed E-state index contributed by atoms with van der Waals surface area (Å²) in [5.74, 6) is -0.0432. The normalized spacial score (nSPS) is 25.5. The number of ether oxygens (including phenoxy) is 1. The summed E-state index contributed by atoms with van der Waals surface area (Å²) in [4.78, 5) is 30.9. The van der Waals surface area contributed by atoms with Gasteiger partial charge in [-0.15, -0.1) is 0 Å². The highest BCUT2D eigenvalue weighted by Crippen LogP contribution is 2.34. The SMILES string of the molecule is CCOC(=O)C1CCN(C(=O)c2ccc(NC3=N[C@@H]4CS(=O)(=O)C[C@@H]4S3)cc2)CC1. The number of aliphatic imine (C=N–C) groups is 1. The summed E-state index contributed by atoms with van der Waals surface area (Å²) in [6.07, 6.45) is 1.25. The predicted octanol–water partition coefficient (Wildman–Crippen LogP) is 1.78. The van der Waals surface area contributed by atoms with Crippen LogP contribution in [0.2, 0.25) is 0 Å². The molecule has 30 heavy (non-hydrogen) atoms. The van der Waals surface area contributed by atoms with E-state index >= 15 is 0 Å². The van der Waals surface area contributed by atoms with Crippen molar-refractivity contribution in [1.29, 1.82) is 0 Å². The molecule has 162 valence electrons. The largest absolute Gasteiger partial charge is 0.466 e. The Kier molecular flexibility index (Phi) is 6.06. The smallest absolute Gasteiger partial charge is 0.309 e. The van der Waals surface area contributed by atoms with Crippen LogP contribution in [0, 0.1) is 5.92 Å². The molecule has 0 radical (unpaired) electrons. The fourth-order valence-corrected chi connectivity index (χ4v) is 7.67. The molecule has 0 unspecified atom stereocenters. The van der Waals surface area contributed by atoms with Crippen LogP contribution in [0.5, 0.6) is 0 Å². The third-order valence-electron chi connectivity index (χ3n) is 5.60. The van der Waals surface area contributed by atoms with E-state index in [2.05, 4.69) is 10.3 Å². The molecular weight excluding hydrogens is 426 g/mol. The minimum absolute atomic E-state index is 0.00381. The Morgan fingerprint density at radius 1 is 1.20 bits per heavy atom. The van der Waals surface area contributed by atoms with Crippen LogP contribution in [-0.4, -0.2) is 72.9 Å². The van der Waals surface area contributed by atoms with E-state index in [0.29, 0.717) is 38.1 Å². The Hall–Kier alpha value is -2.07. The van der Waals surface area contributed by atoms with E-state index in [-0.39, 0.29) is 40.6 Å². The van der Waals surface area contributed by atoms with Gasteiger partial charge in [0.15, 0.2) is 15.0 Å². The number of hydrogen-bond donors (Lipinski definition) is 1. The van der Waals surface area contributed by atoms with Gasteiger partial charge in [-0.2, -0.15) is 0 Å². The molecule has 8 nitrogen and oxygen atoms in total. The summed E-state index contributed by atoms with van der Waals surface area (Å²) in [5.41, 5.74) is 1.40. The summed E-state index contributed by atoms with van der Waals surface area (Å²) in [6, 6.07) is 7.03. The summed E-state index contributed by atoms with van der Waals surface area (Å²) in [6.45, 7) is 3.26. The van der Waals surface area contributed by atoms with E-state index in [0.717, 1.165) is 10.9 Å². The van der Waals surface area contributed by atoms with Crippen molar-refractivity contribution in [3.8, 4) is 0 Å². The number of nitrogens with one attached hydrogen (secondary N) is 1. The number of benzene rings is 1. The number of carbonyl (C=O) groups excluding carboxylic acids is 2. The lowest BCUT2D eigenvalue weighted by atomic mass is 9.96. The Balaban J connectivity index is 1.31. The zero-order valence-electron chi connectivity index (χ0n) is 16.7. The van der Waals surface area contributed by atoms with Gasteiger partial charge < -0.3 is 15.0 Å². The van der Waals surface area contributed by atoms with Gasteiger partial charge in [0.1, 0.15) is 0 Å². The number of esters is 1. The molecule has 0 aliphatic carbocycles. The number of piperidine rings is 1. The fourth-order valence-electron chi connectivity index (χ4n) is 4.00. The van der Waals surface area contributed by atoms with Gasteiger partial charge in [0.05, 0.1) is 30.1 Å². The van der Waals surface area contributed by atoms with Crippen LogP contribution in [0.4, 0.5) is 5.69 Å². The highest BCUT2D eigenvalue weighted by atomic mass is 32.2. The van der Waals surface area contributed by atoms with E-state index in [1.54, 1.807) is 24.0 Å². The molecule has 0 aromatic heterocycles. The average Bonchev–Trinajstić information content (AvgIpc) is 3.21. The average molecular weight is 452 g/mol. The maximum atomic E-state index is 12.8. The van der Waals surface area contributed by atoms with Crippen molar-refractivity contribution in [1.82, 2.24) is 4.90 Å². The lowest BCUT2D eigenvalue weighted by molar-refractivity contribution is -0.149. The number of hydrogen-bond acceptors (Lipinski definition) is 8. The van der Waals surface area contributed by atoms with Gasteiger partial charge in [0.25, 0.3) is 5.91 Å². The number of rotatable bonds is 4. The summed E-state index contributed by atoms with van der Waals surface area (Å²) < 4.78 is 28.4. The molecule has 1 aromatic rings. The molecule has 3 heterocycles. The number of sulfone groups is 1. The molecule has 10 heteroatoms. The summed E-state index contributed by atoms with van der Waals surface area (Å²) in [7, 11) is -2.96. The van der Waals surface area contributed by atoms with Gasteiger partial charge in [0.2, 0.25) is 0 Å². The second-order valence-corrected chi connectivity index (χ2v) is 11.1. The molecule has 4 rings (SSSR count). The number of thioether (sulfide) groups is 1. The van der Waals surface area contributed by atoms with Crippen molar-refractivity contribution in [3.63, 3.8) is 0 Å². The maximum Gasteiger partial charge on any atom is 0.309 e. The van der Waals surface area contributed by atoms with Crippen molar-refractivity contribution in [2.45, 2.75) is 31.1 Å². The first-order chi connectivity index (χ1) is 14.3. The highest BCUT2D eigenvalue weighted by Gasteiger charge is 2.42. The van der Waals surface area contributed by atoms with Crippen molar-refractivity contribution in [2.24, 2.45) is 10.9 Å². The Morgan fingerprint density at radius 3 is 2.53 bits per heavy atom. The number of fused-ring (bicyclic) bond motifs is 1. The van der Waals surface area contributed by atoms with Gasteiger partial charge in [-0.25, -0.2) is 8.42 Å². The lowest BCUT2D eigenvalue weighted by Gasteiger charge is -2.31. The standard InChI is InChI=1S/C20H25N3O5S2/c1-2-28-19(25)14-7-9-23(10-8-14)18(24)13-3-5-15(6-4-13)21-20-22-16-11-30(26,27)12-17(16)29-20/h3-6,14,16-17H,2,7-12H2,1H3,(H,21,22)/t16-,17+/m1/s1. The number of likely N-dealkylation sites (tertiary alicyclic amines) is 1.